The summed E-state index contributed by atoms with van der Waals surface area (Å²) in [4.78, 5) is 0. The molecule has 2 heteroatoms. The van der Waals surface area contributed by atoms with Crippen molar-refractivity contribution in [2.24, 2.45) is 0 Å². The van der Waals surface area contributed by atoms with Gasteiger partial charge in [-0.25, -0.2) is 0 Å². The molecule has 0 heterocycles. The Morgan fingerprint density at radius 2 is 1.82 bits per heavy atom. The predicted molar refractivity (Wildman–Crippen MR) is 46.8 cm³/mol. The van der Waals surface area contributed by atoms with Crippen molar-refractivity contribution in [2.45, 2.75) is 39.2 Å². The maximum atomic E-state index is 5.34. The molecule has 0 unspecified atom stereocenters. The van der Waals surface area contributed by atoms with Gasteiger partial charge in [0.15, 0.2) is 0 Å². The van der Waals surface area contributed by atoms with Crippen LogP contribution in [0, 0.1) is 0 Å². The van der Waals surface area contributed by atoms with Crippen LogP contribution in [0.5, 0.6) is 0 Å². The number of hydrogen-bond acceptors (Lipinski definition) is 2. The fourth-order valence-electron chi connectivity index (χ4n) is 0.666. The van der Waals surface area contributed by atoms with Crippen molar-refractivity contribution in [2.75, 3.05) is 20.3 Å². The lowest BCUT2D eigenvalue weighted by Gasteiger charge is -2.22. The summed E-state index contributed by atoms with van der Waals surface area (Å²) < 4.78 is 10.6. The zero-order valence-electron chi connectivity index (χ0n) is 8.14. The van der Waals surface area contributed by atoms with E-state index >= 15 is 0 Å². The van der Waals surface area contributed by atoms with Gasteiger partial charge in [-0.05, 0) is 26.7 Å². The lowest BCUT2D eigenvalue weighted by Crippen LogP contribution is -2.24. The van der Waals surface area contributed by atoms with Crippen molar-refractivity contribution in [3.8, 4) is 0 Å². The van der Waals surface area contributed by atoms with Gasteiger partial charge >= 0.3 is 0 Å². The highest BCUT2D eigenvalue weighted by Gasteiger charge is 2.14. The average molecular weight is 160 g/mol. The van der Waals surface area contributed by atoms with Crippen molar-refractivity contribution >= 4 is 0 Å². The SMILES string of the molecule is CCCOCCC(C)(C)OC. The van der Waals surface area contributed by atoms with Gasteiger partial charge in [0.1, 0.15) is 0 Å². The molecule has 0 aliphatic heterocycles. The van der Waals surface area contributed by atoms with E-state index in [2.05, 4.69) is 20.8 Å². The van der Waals surface area contributed by atoms with Crippen LogP contribution in [0.4, 0.5) is 0 Å². The minimum Gasteiger partial charge on any atom is -0.381 e. The van der Waals surface area contributed by atoms with Crippen molar-refractivity contribution in [1.29, 1.82) is 0 Å². The second kappa shape index (κ2) is 5.56. The van der Waals surface area contributed by atoms with E-state index in [-0.39, 0.29) is 5.60 Å². The normalized spacial score (nSPS) is 12.0. The molecule has 2 nitrogen and oxygen atoms in total. The van der Waals surface area contributed by atoms with Gasteiger partial charge in [0.2, 0.25) is 0 Å². The molecule has 0 spiro atoms. The van der Waals surface area contributed by atoms with Gasteiger partial charge in [0.25, 0.3) is 0 Å². The summed E-state index contributed by atoms with van der Waals surface area (Å²) in [6.45, 7) is 7.92. The summed E-state index contributed by atoms with van der Waals surface area (Å²) in [5.74, 6) is 0. The van der Waals surface area contributed by atoms with Gasteiger partial charge in [-0.1, -0.05) is 6.92 Å². The van der Waals surface area contributed by atoms with E-state index in [1.807, 2.05) is 0 Å². The van der Waals surface area contributed by atoms with E-state index in [0.29, 0.717) is 0 Å². The van der Waals surface area contributed by atoms with Crippen molar-refractivity contribution in [1.82, 2.24) is 0 Å². The van der Waals surface area contributed by atoms with E-state index < -0.39 is 0 Å². The molecule has 0 rings (SSSR count). The number of methoxy groups -OCH3 is 1. The summed E-state index contributed by atoms with van der Waals surface area (Å²) in [5.41, 5.74) is -0.0340. The molecule has 0 saturated carbocycles. The van der Waals surface area contributed by atoms with Crippen molar-refractivity contribution < 1.29 is 9.47 Å². The second-order valence-electron chi connectivity index (χ2n) is 3.33. The van der Waals surface area contributed by atoms with E-state index in [1.165, 1.54) is 0 Å². The van der Waals surface area contributed by atoms with Crippen LogP contribution in [0.1, 0.15) is 33.6 Å². The quantitative estimate of drug-likeness (QED) is 0.555. The van der Waals surface area contributed by atoms with Crippen LogP contribution in [-0.4, -0.2) is 25.9 Å². The van der Waals surface area contributed by atoms with Crippen LogP contribution in [0.15, 0.2) is 0 Å². The minimum absolute atomic E-state index is 0.0340. The number of ether oxygens (including phenoxy) is 2. The highest BCUT2D eigenvalue weighted by atomic mass is 16.5. The Bertz CT molecular complexity index is 89.6. The average Bonchev–Trinajstić information content (AvgIpc) is 1.99. The smallest absolute Gasteiger partial charge is 0.0644 e. The first-order valence-corrected chi connectivity index (χ1v) is 4.25. The molecule has 0 atom stereocenters. The molecule has 0 radical (unpaired) electrons. The molecule has 0 bridgehead atoms. The standard InChI is InChI=1S/C9H20O2/c1-5-7-11-8-6-9(2,3)10-4/h5-8H2,1-4H3. The van der Waals surface area contributed by atoms with Gasteiger partial charge in [0.05, 0.1) is 5.60 Å². The molecule has 0 aliphatic carbocycles. The third-order valence-electron chi connectivity index (χ3n) is 1.75. The van der Waals surface area contributed by atoms with E-state index in [9.17, 15) is 0 Å². The largest absolute Gasteiger partial charge is 0.381 e. The third-order valence-corrected chi connectivity index (χ3v) is 1.75. The Kier molecular flexibility index (Phi) is 5.51. The van der Waals surface area contributed by atoms with Crippen LogP contribution >= 0.6 is 0 Å². The zero-order valence-corrected chi connectivity index (χ0v) is 8.14. The first-order valence-electron chi connectivity index (χ1n) is 4.25. The Morgan fingerprint density at radius 1 is 1.18 bits per heavy atom. The van der Waals surface area contributed by atoms with Gasteiger partial charge in [-0.15, -0.1) is 0 Å². The molecule has 0 N–H and O–H groups in total. The first-order chi connectivity index (χ1) is 5.12. The van der Waals surface area contributed by atoms with Crippen LogP contribution in [0.3, 0.4) is 0 Å². The van der Waals surface area contributed by atoms with Crippen LogP contribution in [0.2, 0.25) is 0 Å². The maximum absolute atomic E-state index is 5.34. The molecule has 0 amide bonds. The third kappa shape index (κ3) is 6.32. The van der Waals surface area contributed by atoms with E-state index in [1.54, 1.807) is 7.11 Å². The Labute approximate surface area is 69.9 Å². The molecule has 11 heavy (non-hydrogen) atoms. The maximum Gasteiger partial charge on any atom is 0.0644 e. The van der Waals surface area contributed by atoms with Crippen LogP contribution in [-0.2, 0) is 9.47 Å². The molecular formula is C9H20O2. The van der Waals surface area contributed by atoms with Gasteiger partial charge in [0, 0.05) is 20.3 Å². The Balaban J connectivity index is 3.23. The molecular weight excluding hydrogens is 140 g/mol. The van der Waals surface area contributed by atoms with E-state index in [0.717, 1.165) is 26.1 Å². The van der Waals surface area contributed by atoms with Crippen molar-refractivity contribution in [3.05, 3.63) is 0 Å². The van der Waals surface area contributed by atoms with Gasteiger partial charge in [-0.3, -0.25) is 0 Å². The highest BCUT2D eigenvalue weighted by molar-refractivity contribution is 4.66. The second-order valence-corrected chi connectivity index (χ2v) is 3.33. The fourth-order valence-corrected chi connectivity index (χ4v) is 0.666. The lowest BCUT2D eigenvalue weighted by molar-refractivity contribution is -0.00966. The monoisotopic (exact) mass is 160 g/mol. The lowest BCUT2D eigenvalue weighted by atomic mass is 10.1. The van der Waals surface area contributed by atoms with Crippen molar-refractivity contribution in [3.63, 3.8) is 0 Å². The Hall–Kier alpha value is -0.0800. The first kappa shape index (κ1) is 10.9. The summed E-state index contributed by atoms with van der Waals surface area (Å²) in [5, 5.41) is 0. The molecule has 0 aliphatic rings. The molecule has 0 aromatic rings. The number of hydrogen-bond donors (Lipinski definition) is 0. The topological polar surface area (TPSA) is 18.5 Å². The summed E-state index contributed by atoms with van der Waals surface area (Å²) in [6.07, 6.45) is 2.05. The predicted octanol–water partition coefficient (Wildman–Crippen LogP) is 2.23. The van der Waals surface area contributed by atoms with Crippen LogP contribution in [0.25, 0.3) is 0 Å². The minimum atomic E-state index is -0.0340. The highest BCUT2D eigenvalue weighted by Crippen LogP contribution is 2.12. The molecule has 0 saturated heterocycles. The Morgan fingerprint density at radius 3 is 2.27 bits per heavy atom. The number of rotatable bonds is 6. The summed E-state index contributed by atoms with van der Waals surface area (Å²) in [7, 11) is 1.74. The molecule has 68 valence electrons. The molecule has 0 aromatic heterocycles. The summed E-state index contributed by atoms with van der Waals surface area (Å²) in [6, 6.07) is 0. The zero-order chi connectivity index (χ0) is 8.74. The van der Waals surface area contributed by atoms with E-state index in [4.69, 9.17) is 9.47 Å². The summed E-state index contributed by atoms with van der Waals surface area (Å²) >= 11 is 0. The molecule has 0 aromatic carbocycles. The molecule has 0 fully saturated rings. The van der Waals surface area contributed by atoms with Gasteiger partial charge in [-0.2, -0.15) is 0 Å². The fraction of sp³-hybridized carbons (Fsp3) is 1.00. The van der Waals surface area contributed by atoms with Gasteiger partial charge < -0.3 is 9.47 Å². The van der Waals surface area contributed by atoms with Crippen LogP contribution < -0.4 is 0 Å².